The zero-order chi connectivity index (χ0) is 15.3. The number of hydrogen-bond donors (Lipinski definition) is 1. The lowest BCUT2D eigenvalue weighted by molar-refractivity contribution is -0.0579. The Bertz CT molecular complexity index is 422. The number of likely N-dealkylation sites (N-methyl/N-ethyl adjacent to an activating group) is 1. The van der Waals surface area contributed by atoms with Crippen LogP contribution in [0.4, 0.5) is 8.78 Å². The number of piperidine rings is 1. The highest BCUT2D eigenvalue weighted by Crippen LogP contribution is 2.31. The second kappa shape index (κ2) is 7.32. The summed E-state index contributed by atoms with van der Waals surface area (Å²) >= 11 is 0. The van der Waals surface area contributed by atoms with Crippen LogP contribution in [0.25, 0.3) is 0 Å². The van der Waals surface area contributed by atoms with Crippen LogP contribution in [0.1, 0.15) is 38.7 Å². The third-order valence-corrected chi connectivity index (χ3v) is 4.37. The molecule has 1 N–H and O–H groups in total. The van der Waals surface area contributed by atoms with Gasteiger partial charge in [0.2, 0.25) is 0 Å². The number of rotatable bonds is 6. The Balaban J connectivity index is 2.08. The zero-order valence-corrected chi connectivity index (χ0v) is 13.0. The predicted molar refractivity (Wildman–Crippen MR) is 82.7 cm³/mol. The van der Waals surface area contributed by atoms with E-state index >= 15 is 0 Å². The van der Waals surface area contributed by atoms with Crippen molar-refractivity contribution < 1.29 is 8.78 Å². The molecule has 1 aromatic rings. The molecular formula is C17H26F2N2. The van der Waals surface area contributed by atoms with E-state index in [4.69, 9.17) is 0 Å². The Labute approximate surface area is 126 Å². The first-order valence-corrected chi connectivity index (χ1v) is 7.95. The monoisotopic (exact) mass is 296 g/mol. The van der Waals surface area contributed by atoms with E-state index < -0.39 is 5.92 Å². The molecule has 1 aliphatic rings. The minimum Gasteiger partial charge on any atom is -0.313 e. The Morgan fingerprint density at radius 2 is 2.00 bits per heavy atom. The smallest absolute Gasteiger partial charge is 0.285 e. The van der Waals surface area contributed by atoms with E-state index in [-0.39, 0.29) is 24.2 Å². The van der Waals surface area contributed by atoms with Crippen molar-refractivity contribution in [2.45, 2.75) is 51.1 Å². The number of nitrogens with one attached hydrogen (secondary N) is 1. The van der Waals surface area contributed by atoms with Crippen LogP contribution >= 0.6 is 0 Å². The summed E-state index contributed by atoms with van der Waals surface area (Å²) in [6.07, 6.45) is 3.15. The molecule has 0 spiro atoms. The van der Waals surface area contributed by atoms with Crippen molar-refractivity contribution in [3.63, 3.8) is 0 Å². The first-order valence-electron chi connectivity index (χ1n) is 7.95. The van der Waals surface area contributed by atoms with E-state index in [1.54, 1.807) is 18.2 Å². The Morgan fingerprint density at radius 3 is 2.67 bits per heavy atom. The molecule has 0 saturated carbocycles. The molecule has 0 aliphatic carbocycles. The molecule has 2 nitrogen and oxygen atoms in total. The summed E-state index contributed by atoms with van der Waals surface area (Å²) < 4.78 is 29.0. The molecule has 2 unspecified atom stereocenters. The predicted octanol–water partition coefficient (Wildman–Crippen LogP) is 3.63. The summed E-state index contributed by atoms with van der Waals surface area (Å²) in [6.45, 7) is 5.62. The molecule has 1 aromatic carbocycles. The maximum Gasteiger partial charge on any atom is 0.285 e. The van der Waals surface area contributed by atoms with Crippen molar-refractivity contribution in [1.82, 2.24) is 10.2 Å². The summed E-state index contributed by atoms with van der Waals surface area (Å²) in [5.74, 6) is -2.79. The normalized spacial score (nSPS) is 22.2. The molecule has 0 aromatic heterocycles. The number of hydrogen-bond acceptors (Lipinski definition) is 2. The van der Waals surface area contributed by atoms with Gasteiger partial charge in [0, 0.05) is 17.6 Å². The first-order chi connectivity index (χ1) is 10.0. The Morgan fingerprint density at radius 1 is 1.29 bits per heavy atom. The van der Waals surface area contributed by atoms with Crippen LogP contribution in [0.3, 0.4) is 0 Å². The summed E-state index contributed by atoms with van der Waals surface area (Å²) in [7, 11) is 0. The molecule has 2 rings (SSSR count). The molecule has 21 heavy (non-hydrogen) atoms. The molecule has 2 atom stereocenters. The van der Waals surface area contributed by atoms with Crippen LogP contribution in [0, 0.1) is 0 Å². The van der Waals surface area contributed by atoms with Crippen molar-refractivity contribution in [2.75, 3.05) is 19.6 Å². The number of nitrogens with zero attached hydrogens (tertiary/aromatic N) is 1. The largest absolute Gasteiger partial charge is 0.313 e. The fourth-order valence-electron chi connectivity index (χ4n) is 3.27. The highest BCUT2D eigenvalue weighted by molar-refractivity contribution is 5.20. The molecule has 4 heteroatoms. The van der Waals surface area contributed by atoms with Gasteiger partial charge in [-0.05, 0) is 32.9 Å². The lowest BCUT2D eigenvalue weighted by Crippen LogP contribution is -2.53. The van der Waals surface area contributed by atoms with Gasteiger partial charge in [-0.25, -0.2) is 0 Å². The van der Waals surface area contributed by atoms with E-state index in [1.165, 1.54) is 12.1 Å². The lowest BCUT2D eigenvalue weighted by Gasteiger charge is -2.41. The van der Waals surface area contributed by atoms with Crippen LogP contribution in [-0.4, -0.2) is 36.6 Å². The van der Waals surface area contributed by atoms with E-state index in [9.17, 15) is 8.78 Å². The van der Waals surface area contributed by atoms with Gasteiger partial charge in [0.1, 0.15) is 0 Å². The highest BCUT2D eigenvalue weighted by Gasteiger charge is 2.38. The summed E-state index contributed by atoms with van der Waals surface area (Å²) in [6, 6.07) is 8.63. The Kier molecular flexibility index (Phi) is 5.71. The van der Waals surface area contributed by atoms with E-state index in [2.05, 4.69) is 19.2 Å². The maximum absolute atomic E-state index is 14.5. The van der Waals surface area contributed by atoms with Crippen molar-refractivity contribution in [1.29, 1.82) is 0 Å². The van der Waals surface area contributed by atoms with Crippen LogP contribution in [-0.2, 0) is 5.92 Å². The van der Waals surface area contributed by atoms with Crippen molar-refractivity contribution in [3.8, 4) is 0 Å². The van der Waals surface area contributed by atoms with Crippen molar-refractivity contribution >= 4 is 0 Å². The van der Waals surface area contributed by atoms with Gasteiger partial charge in [-0.15, -0.1) is 0 Å². The number of alkyl halides is 2. The van der Waals surface area contributed by atoms with Gasteiger partial charge in [-0.1, -0.05) is 43.7 Å². The molecule has 1 heterocycles. The third kappa shape index (κ3) is 4.24. The van der Waals surface area contributed by atoms with Gasteiger partial charge in [-0.2, -0.15) is 8.78 Å². The van der Waals surface area contributed by atoms with Crippen molar-refractivity contribution in [2.24, 2.45) is 0 Å². The van der Waals surface area contributed by atoms with Gasteiger partial charge in [0.05, 0.1) is 6.54 Å². The average Bonchev–Trinajstić information content (AvgIpc) is 2.48. The molecule has 1 fully saturated rings. The molecule has 118 valence electrons. The highest BCUT2D eigenvalue weighted by atomic mass is 19.3. The van der Waals surface area contributed by atoms with Crippen LogP contribution in [0.15, 0.2) is 30.3 Å². The second-order valence-electron chi connectivity index (χ2n) is 5.95. The van der Waals surface area contributed by atoms with Crippen molar-refractivity contribution in [3.05, 3.63) is 35.9 Å². The third-order valence-electron chi connectivity index (χ3n) is 4.37. The Hall–Kier alpha value is -1.00. The van der Waals surface area contributed by atoms with Gasteiger partial charge in [0.25, 0.3) is 5.92 Å². The fraction of sp³-hybridized carbons (Fsp3) is 0.647. The first kappa shape index (κ1) is 16.4. The second-order valence-corrected chi connectivity index (χ2v) is 5.95. The average molecular weight is 296 g/mol. The minimum absolute atomic E-state index is 0.116. The van der Waals surface area contributed by atoms with E-state index in [0.29, 0.717) is 0 Å². The van der Waals surface area contributed by atoms with Gasteiger partial charge in [0.15, 0.2) is 0 Å². The van der Waals surface area contributed by atoms with E-state index in [0.717, 1.165) is 32.4 Å². The van der Waals surface area contributed by atoms with E-state index in [1.807, 2.05) is 4.90 Å². The van der Waals surface area contributed by atoms with Crippen LogP contribution in [0.2, 0.25) is 0 Å². The van der Waals surface area contributed by atoms with Crippen LogP contribution < -0.4 is 5.32 Å². The molecule has 0 bridgehead atoms. The van der Waals surface area contributed by atoms with Gasteiger partial charge >= 0.3 is 0 Å². The molecular weight excluding hydrogens is 270 g/mol. The van der Waals surface area contributed by atoms with Gasteiger partial charge < -0.3 is 5.32 Å². The van der Waals surface area contributed by atoms with Crippen LogP contribution in [0.5, 0.6) is 0 Å². The topological polar surface area (TPSA) is 15.3 Å². The summed E-state index contributed by atoms with van der Waals surface area (Å²) in [4.78, 5) is 1.98. The lowest BCUT2D eigenvalue weighted by atomic mass is 9.95. The standard InChI is InChI=1S/C17H26F2N2/c1-3-20-14(2)16-11-7-8-12-21(16)13-17(18,19)15-9-5-4-6-10-15/h4-6,9-10,14,16,20H,3,7-8,11-13H2,1-2H3. The molecule has 0 amide bonds. The minimum atomic E-state index is -2.79. The molecule has 1 aliphatic heterocycles. The number of benzene rings is 1. The fourth-order valence-corrected chi connectivity index (χ4v) is 3.27. The summed E-state index contributed by atoms with van der Waals surface area (Å²) in [5, 5.41) is 3.38. The number of halogens is 2. The zero-order valence-electron chi connectivity index (χ0n) is 13.0. The van der Waals surface area contributed by atoms with Gasteiger partial charge in [-0.3, -0.25) is 4.90 Å². The SMILES string of the molecule is CCNC(C)C1CCCCN1CC(F)(F)c1ccccc1. The quantitative estimate of drug-likeness (QED) is 0.862. The molecule has 0 radical (unpaired) electrons. The maximum atomic E-state index is 14.5. The number of likely N-dealkylation sites (tertiary alicyclic amines) is 1. The summed E-state index contributed by atoms with van der Waals surface area (Å²) in [5.41, 5.74) is 0.116. The molecule has 1 saturated heterocycles.